The van der Waals surface area contributed by atoms with Gasteiger partial charge in [0.2, 0.25) is 0 Å². The number of nitrogens with one attached hydrogen (secondary N) is 1. The van der Waals surface area contributed by atoms with E-state index in [9.17, 15) is 5.26 Å². The molecule has 4 rings (SSSR count). The summed E-state index contributed by atoms with van der Waals surface area (Å²) in [5, 5.41) is 14.7. The quantitative estimate of drug-likeness (QED) is 0.550. The first kappa shape index (κ1) is 18.6. The van der Waals surface area contributed by atoms with Gasteiger partial charge in [-0.3, -0.25) is 5.43 Å². The lowest BCUT2D eigenvalue weighted by Crippen LogP contribution is -2.07. The van der Waals surface area contributed by atoms with Gasteiger partial charge in [-0.2, -0.15) is 10.4 Å². The first-order valence-electron chi connectivity index (χ1n) is 8.70. The van der Waals surface area contributed by atoms with Crippen molar-refractivity contribution in [2.24, 2.45) is 5.10 Å². The Labute approximate surface area is 176 Å². The number of nitriles is 1. The molecule has 1 aliphatic rings. The lowest BCUT2D eigenvalue weighted by molar-refractivity contribution is 0.304. The summed E-state index contributed by atoms with van der Waals surface area (Å²) in [7, 11) is 0. The van der Waals surface area contributed by atoms with Gasteiger partial charge >= 0.3 is 0 Å². The highest BCUT2D eigenvalue weighted by atomic mass is 79.9. The van der Waals surface area contributed by atoms with E-state index in [4.69, 9.17) is 4.74 Å². The SMILES string of the molecule is N#Cc1ccccc1COc1ccc([C@@H]2NN=C(c3ccccc3)S2)cc1Br. The number of thioether (sulfide) groups is 1. The van der Waals surface area contributed by atoms with Gasteiger partial charge in [-0.05, 0) is 39.7 Å². The van der Waals surface area contributed by atoms with Crippen molar-refractivity contribution in [3.8, 4) is 11.8 Å². The summed E-state index contributed by atoms with van der Waals surface area (Å²) in [5.74, 6) is 0.740. The van der Waals surface area contributed by atoms with E-state index in [1.54, 1.807) is 17.8 Å². The highest BCUT2D eigenvalue weighted by Gasteiger charge is 2.22. The Morgan fingerprint density at radius 2 is 1.86 bits per heavy atom. The third-order valence-corrected chi connectivity index (χ3v) is 6.10. The van der Waals surface area contributed by atoms with Gasteiger partial charge in [0.1, 0.15) is 22.8 Å². The highest BCUT2D eigenvalue weighted by molar-refractivity contribution is 9.10. The number of hydrogen-bond donors (Lipinski definition) is 1. The molecule has 6 heteroatoms. The summed E-state index contributed by atoms with van der Waals surface area (Å²) in [6, 6.07) is 25.8. The molecule has 0 bridgehead atoms. The van der Waals surface area contributed by atoms with E-state index in [0.717, 1.165) is 32.0 Å². The molecule has 1 atom stereocenters. The summed E-state index contributed by atoms with van der Waals surface area (Å²) >= 11 is 5.29. The van der Waals surface area contributed by atoms with Crippen LogP contribution in [0.3, 0.4) is 0 Å². The standard InChI is InChI=1S/C22H16BrN3OS/c23-19-12-16(22-26-25-21(28-22)15-6-2-1-3-7-15)10-11-20(19)27-14-18-9-5-4-8-17(18)13-24/h1-12,22,26H,14H2/t22-/m1/s1. The summed E-state index contributed by atoms with van der Waals surface area (Å²) in [6.45, 7) is 0.347. The normalized spacial score (nSPS) is 15.4. The molecule has 0 fully saturated rings. The third-order valence-electron chi connectivity index (χ3n) is 4.31. The maximum Gasteiger partial charge on any atom is 0.134 e. The zero-order valence-electron chi connectivity index (χ0n) is 14.8. The Bertz CT molecular complexity index is 1060. The summed E-state index contributed by atoms with van der Waals surface area (Å²) in [5.41, 5.74) is 6.91. The molecule has 0 amide bonds. The van der Waals surface area contributed by atoms with E-state index in [1.165, 1.54) is 0 Å². The van der Waals surface area contributed by atoms with Crippen molar-refractivity contribution in [2.75, 3.05) is 0 Å². The van der Waals surface area contributed by atoms with Crippen LogP contribution in [0.1, 0.15) is 27.6 Å². The van der Waals surface area contributed by atoms with Crippen LogP contribution in [-0.4, -0.2) is 5.04 Å². The van der Waals surface area contributed by atoms with Crippen molar-refractivity contribution in [2.45, 2.75) is 12.0 Å². The maximum absolute atomic E-state index is 9.20. The molecule has 4 nitrogen and oxygen atoms in total. The Morgan fingerprint density at radius 1 is 1.07 bits per heavy atom. The first-order chi connectivity index (χ1) is 13.7. The fourth-order valence-corrected chi connectivity index (χ4v) is 4.35. The minimum atomic E-state index is 0.0554. The van der Waals surface area contributed by atoms with Gasteiger partial charge in [0.05, 0.1) is 16.1 Å². The Balaban J connectivity index is 1.43. The van der Waals surface area contributed by atoms with Gasteiger partial charge in [0, 0.05) is 11.1 Å². The topological polar surface area (TPSA) is 57.4 Å². The van der Waals surface area contributed by atoms with Gasteiger partial charge in [-0.1, -0.05) is 66.4 Å². The summed E-state index contributed by atoms with van der Waals surface area (Å²) in [4.78, 5) is 0. The highest BCUT2D eigenvalue weighted by Crippen LogP contribution is 2.37. The van der Waals surface area contributed by atoms with Crippen molar-refractivity contribution in [1.29, 1.82) is 5.26 Å². The number of ether oxygens (including phenoxy) is 1. The molecule has 1 aliphatic heterocycles. The average Bonchev–Trinajstić information content (AvgIpc) is 3.24. The molecule has 0 radical (unpaired) electrons. The number of hydrogen-bond acceptors (Lipinski definition) is 5. The summed E-state index contributed by atoms with van der Waals surface area (Å²) < 4.78 is 6.79. The first-order valence-corrected chi connectivity index (χ1v) is 10.4. The van der Waals surface area contributed by atoms with E-state index in [0.29, 0.717) is 12.2 Å². The molecular formula is C22H16BrN3OS. The van der Waals surface area contributed by atoms with Gasteiger partial charge < -0.3 is 4.74 Å². The molecular weight excluding hydrogens is 434 g/mol. The van der Waals surface area contributed by atoms with E-state index >= 15 is 0 Å². The van der Waals surface area contributed by atoms with Crippen LogP contribution in [0.4, 0.5) is 0 Å². The van der Waals surface area contributed by atoms with E-state index < -0.39 is 0 Å². The lowest BCUT2D eigenvalue weighted by atomic mass is 10.1. The molecule has 3 aromatic rings. The predicted octanol–water partition coefficient (Wildman–Crippen LogP) is 5.60. The van der Waals surface area contributed by atoms with E-state index in [-0.39, 0.29) is 5.37 Å². The van der Waals surface area contributed by atoms with Gasteiger partial charge in [-0.15, -0.1) is 0 Å². The van der Waals surface area contributed by atoms with Crippen molar-refractivity contribution >= 4 is 32.7 Å². The van der Waals surface area contributed by atoms with Gasteiger partial charge in [0.25, 0.3) is 0 Å². The zero-order chi connectivity index (χ0) is 19.3. The number of rotatable bonds is 5. The van der Waals surface area contributed by atoms with Crippen molar-refractivity contribution < 1.29 is 4.74 Å². The van der Waals surface area contributed by atoms with Crippen LogP contribution in [0.2, 0.25) is 0 Å². The second-order valence-electron chi connectivity index (χ2n) is 6.16. The molecule has 0 spiro atoms. The van der Waals surface area contributed by atoms with Crippen molar-refractivity contribution in [3.63, 3.8) is 0 Å². The van der Waals surface area contributed by atoms with Crippen LogP contribution in [-0.2, 0) is 6.61 Å². The van der Waals surface area contributed by atoms with Crippen LogP contribution in [0, 0.1) is 11.3 Å². The number of hydrazone groups is 1. The maximum atomic E-state index is 9.20. The van der Waals surface area contributed by atoms with Crippen molar-refractivity contribution in [3.05, 3.63) is 99.5 Å². The van der Waals surface area contributed by atoms with Crippen LogP contribution in [0.5, 0.6) is 5.75 Å². The third kappa shape index (κ3) is 4.06. The second kappa shape index (κ2) is 8.51. The molecule has 138 valence electrons. The fourth-order valence-electron chi connectivity index (χ4n) is 2.85. The van der Waals surface area contributed by atoms with Crippen LogP contribution < -0.4 is 10.2 Å². The van der Waals surface area contributed by atoms with Crippen LogP contribution >= 0.6 is 27.7 Å². The Kier molecular flexibility index (Phi) is 5.65. The molecule has 0 saturated heterocycles. The Morgan fingerprint density at radius 3 is 2.64 bits per heavy atom. The van der Waals surface area contributed by atoms with E-state index in [1.807, 2.05) is 54.6 Å². The monoisotopic (exact) mass is 449 g/mol. The molecule has 3 aromatic carbocycles. The molecule has 1 N–H and O–H groups in total. The van der Waals surface area contributed by atoms with Crippen molar-refractivity contribution in [1.82, 2.24) is 5.43 Å². The lowest BCUT2D eigenvalue weighted by Gasteiger charge is -2.13. The minimum Gasteiger partial charge on any atom is -0.488 e. The predicted molar refractivity (Wildman–Crippen MR) is 116 cm³/mol. The molecule has 0 unspecified atom stereocenters. The minimum absolute atomic E-state index is 0.0554. The second-order valence-corrected chi connectivity index (χ2v) is 8.11. The molecule has 28 heavy (non-hydrogen) atoms. The summed E-state index contributed by atoms with van der Waals surface area (Å²) in [6.07, 6.45) is 0. The number of benzene rings is 3. The number of halogens is 1. The fraction of sp³-hybridized carbons (Fsp3) is 0.0909. The van der Waals surface area contributed by atoms with Crippen LogP contribution in [0.25, 0.3) is 0 Å². The average molecular weight is 450 g/mol. The van der Waals surface area contributed by atoms with Crippen LogP contribution in [0.15, 0.2) is 82.4 Å². The molecule has 1 heterocycles. The zero-order valence-corrected chi connectivity index (χ0v) is 17.2. The van der Waals surface area contributed by atoms with Gasteiger partial charge in [0.15, 0.2) is 0 Å². The molecule has 0 aliphatic carbocycles. The Hall–Kier alpha value is -2.75. The largest absolute Gasteiger partial charge is 0.488 e. The molecule has 0 saturated carbocycles. The van der Waals surface area contributed by atoms with E-state index in [2.05, 4.69) is 44.7 Å². The smallest absolute Gasteiger partial charge is 0.134 e. The van der Waals surface area contributed by atoms with Gasteiger partial charge in [-0.25, -0.2) is 0 Å². The number of nitrogens with zero attached hydrogens (tertiary/aromatic N) is 2. The molecule has 0 aromatic heterocycles.